The predicted molar refractivity (Wildman–Crippen MR) is 54.1 cm³/mol. The van der Waals surface area contributed by atoms with E-state index in [0.717, 1.165) is 5.25 Å². The van der Waals surface area contributed by atoms with Crippen LogP contribution in [0.25, 0.3) is 0 Å². The van der Waals surface area contributed by atoms with Crippen LogP contribution >= 0.6 is 11.8 Å². The molecule has 1 rings (SSSR count). The normalized spacial score (nSPS) is 29.8. The summed E-state index contributed by atoms with van der Waals surface area (Å²) in [6.07, 6.45) is 3.75. The van der Waals surface area contributed by atoms with Crippen LogP contribution in [-0.2, 0) is 0 Å². The maximum absolute atomic E-state index is 2.44. The molecule has 1 fully saturated rings. The molecule has 64 valence electrons. The van der Waals surface area contributed by atoms with E-state index < -0.39 is 0 Å². The zero-order valence-corrected chi connectivity index (χ0v) is 8.79. The first kappa shape index (κ1) is 9.18. The second-order valence-electron chi connectivity index (χ2n) is 4.35. The van der Waals surface area contributed by atoms with E-state index in [1.165, 1.54) is 12.2 Å². The molecule has 1 saturated heterocycles. The van der Waals surface area contributed by atoms with Crippen LogP contribution in [0.4, 0.5) is 0 Å². The van der Waals surface area contributed by atoms with Gasteiger partial charge in [-0.15, -0.1) is 0 Å². The lowest BCUT2D eigenvalue weighted by Gasteiger charge is -2.15. The van der Waals surface area contributed by atoms with Gasteiger partial charge in [0.05, 0.1) is 0 Å². The van der Waals surface area contributed by atoms with Gasteiger partial charge in [-0.05, 0) is 24.5 Å². The molecule has 1 aliphatic heterocycles. The molecule has 1 atom stereocenters. The molecule has 0 N–H and O–H groups in total. The Bertz CT molecular complexity index is 162. The van der Waals surface area contributed by atoms with E-state index in [4.69, 9.17) is 0 Å². The number of hydrogen-bond donors (Lipinski definition) is 0. The summed E-state index contributed by atoms with van der Waals surface area (Å²) in [5.41, 5.74) is 2.02. The summed E-state index contributed by atoms with van der Waals surface area (Å²) in [6.45, 7) is 9.14. The van der Waals surface area contributed by atoms with Gasteiger partial charge in [-0.2, -0.15) is 11.8 Å². The summed E-state index contributed by atoms with van der Waals surface area (Å²) >= 11 is 2.08. The highest BCUT2D eigenvalue weighted by molar-refractivity contribution is 8.00. The van der Waals surface area contributed by atoms with E-state index in [0.29, 0.717) is 5.41 Å². The first-order valence-corrected chi connectivity index (χ1v) is 5.37. The Balaban J connectivity index is 2.65. The van der Waals surface area contributed by atoms with Crippen molar-refractivity contribution >= 4 is 11.8 Å². The van der Waals surface area contributed by atoms with Crippen LogP contribution in [0.1, 0.15) is 34.1 Å². The highest BCUT2D eigenvalue weighted by Crippen LogP contribution is 2.33. The molecule has 0 radical (unpaired) electrons. The second kappa shape index (κ2) is 3.22. The molecule has 11 heavy (non-hydrogen) atoms. The van der Waals surface area contributed by atoms with Gasteiger partial charge in [0.1, 0.15) is 0 Å². The monoisotopic (exact) mass is 170 g/mol. The van der Waals surface area contributed by atoms with Crippen molar-refractivity contribution in [1.82, 2.24) is 0 Å². The Hall–Kier alpha value is 0.0900. The molecule has 0 aromatic carbocycles. The molecule has 0 bridgehead atoms. The minimum Gasteiger partial charge on any atom is -0.154 e. The van der Waals surface area contributed by atoms with E-state index in [1.54, 1.807) is 5.57 Å². The van der Waals surface area contributed by atoms with Crippen LogP contribution in [0, 0.1) is 5.41 Å². The first-order chi connectivity index (χ1) is 4.99. The molecule has 0 aliphatic carbocycles. The Labute approximate surface area is 74.5 Å². The number of allylic oxidation sites excluding steroid dienone is 1. The van der Waals surface area contributed by atoms with Crippen molar-refractivity contribution < 1.29 is 0 Å². The minimum absolute atomic E-state index is 0.370. The van der Waals surface area contributed by atoms with Gasteiger partial charge in [0.2, 0.25) is 0 Å². The third-order valence-electron chi connectivity index (χ3n) is 1.90. The SMILES string of the molecule is CC1SCC/C1=C\C(C)(C)C. The summed E-state index contributed by atoms with van der Waals surface area (Å²) in [4.78, 5) is 0. The average molecular weight is 170 g/mol. The maximum atomic E-state index is 2.44. The van der Waals surface area contributed by atoms with Gasteiger partial charge in [-0.1, -0.05) is 32.4 Å². The lowest BCUT2D eigenvalue weighted by atomic mass is 9.92. The summed E-state index contributed by atoms with van der Waals surface area (Å²) in [7, 11) is 0. The minimum atomic E-state index is 0.370. The smallest absolute Gasteiger partial charge is 0.0228 e. The summed E-state index contributed by atoms with van der Waals surface area (Å²) in [6, 6.07) is 0. The summed E-state index contributed by atoms with van der Waals surface area (Å²) in [5.74, 6) is 1.32. The van der Waals surface area contributed by atoms with Gasteiger partial charge in [0.15, 0.2) is 0 Å². The molecule has 0 aromatic rings. The molecule has 1 aliphatic rings. The van der Waals surface area contributed by atoms with E-state index in [9.17, 15) is 0 Å². The Morgan fingerprint density at radius 1 is 1.45 bits per heavy atom. The number of rotatable bonds is 0. The third kappa shape index (κ3) is 2.90. The highest BCUT2D eigenvalue weighted by atomic mass is 32.2. The zero-order chi connectivity index (χ0) is 8.48. The third-order valence-corrected chi connectivity index (χ3v) is 3.14. The Morgan fingerprint density at radius 3 is 2.45 bits per heavy atom. The lowest BCUT2D eigenvalue weighted by molar-refractivity contribution is 0.537. The van der Waals surface area contributed by atoms with Crippen LogP contribution in [0.5, 0.6) is 0 Å². The van der Waals surface area contributed by atoms with E-state index in [1.807, 2.05) is 0 Å². The number of hydrogen-bond acceptors (Lipinski definition) is 1. The fraction of sp³-hybridized carbons (Fsp3) is 0.800. The summed E-state index contributed by atoms with van der Waals surface area (Å²) in [5, 5.41) is 0.772. The van der Waals surface area contributed by atoms with Crippen molar-refractivity contribution in [2.24, 2.45) is 5.41 Å². The molecule has 0 amide bonds. The Kier molecular flexibility index (Phi) is 2.69. The van der Waals surface area contributed by atoms with Gasteiger partial charge >= 0.3 is 0 Å². The van der Waals surface area contributed by atoms with E-state index in [2.05, 4.69) is 45.5 Å². The van der Waals surface area contributed by atoms with Gasteiger partial charge in [0.25, 0.3) is 0 Å². The van der Waals surface area contributed by atoms with Crippen molar-refractivity contribution in [3.05, 3.63) is 11.6 Å². The largest absolute Gasteiger partial charge is 0.154 e. The van der Waals surface area contributed by atoms with Crippen LogP contribution in [0.3, 0.4) is 0 Å². The first-order valence-electron chi connectivity index (χ1n) is 4.32. The maximum Gasteiger partial charge on any atom is 0.0228 e. The molecule has 0 nitrogen and oxygen atoms in total. The lowest BCUT2D eigenvalue weighted by Crippen LogP contribution is -2.04. The molecule has 1 unspecified atom stereocenters. The molecular formula is C10H18S. The quantitative estimate of drug-likeness (QED) is 0.501. The van der Waals surface area contributed by atoms with E-state index in [-0.39, 0.29) is 0 Å². The van der Waals surface area contributed by atoms with Gasteiger partial charge in [-0.25, -0.2) is 0 Å². The summed E-state index contributed by atoms with van der Waals surface area (Å²) < 4.78 is 0. The van der Waals surface area contributed by atoms with Crippen LogP contribution in [0.2, 0.25) is 0 Å². The molecular weight excluding hydrogens is 152 g/mol. The molecule has 1 heterocycles. The molecule has 0 saturated carbocycles. The topological polar surface area (TPSA) is 0 Å². The number of thioether (sulfide) groups is 1. The fourth-order valence-corrected chi connectivity index (χ4v) is 2.52. The van der Waals surface area contributed by atoms with Crippen molar-refractivity contribution in [2.45, 2.75) is 39.4 Å². The van der Waals surface area contributed by atoms with Crippen molar-refractivity contribution in [3.63, 3.8) is 0 Å². The van der Waals surface area contributed by atoms with Crippen LogP contribution < -0.4 is 0 Å². The molecule has 0 aromatic heterocycles. The van der Waals surface area contributed by atoms with Crippen LogP contribution in [0.15, 0.2) is 11.6 Å². The highest BCUT2D eigenvalue weighted by Gasteiger charge is 2.18. The van der Waals surface area contributed by atoms with Gasteiger partial charge in [0, 0.05) is 5.25 Å². The Morgan fingerprint density at radius 2 is 2.09 bits per heavy atom. The van der Waals surface area contributed by atoms with Crippen LogP contribution in [-0.4, -0.2) is 11.0 Å². The second-order valence-corrected chi connectivity index (χ2v) is 5.80. The average Bonchev–Trinajstić information content (AvgIpc) is 2.12. The van der Waals surface area contributed by atoms with Gasteiger partial charge < -0.3 is 0 Å². The zero-order valence-electron chi connectivity index (χ0n) is 7.98. The van der Waals surface area contributed by atoms with E-state index >= 15 is 0 Å². The van der Waals surface area contributed by atoms with Gasteiger partial charge in [-0.3, -0.25) is 0 Å². The standard InChI is InChI=1S/C10H18S/c1-8-9(5-6-11-8)7-10(2,3)4/h7-8H,5-6H2,1-4H3/b9-7+. The molecule has 1 heteroatoms. The van der Waals surface area contributed by atoms with Crippen molar-refractivity contribution in [2.75, 3.05) is 5.75 Å². The molecule has 0 spiro atoms. The predicted octanol–water partition coefficient (Wildman–Crippen LogP) is 3.48. The fourth-order valence-electron chi connectivity index (χ4n) is 1.41. The van der Waals surface area contributed by atoms with Crippen molar-refractivity contribution in [3.8, 4) is 0 Å². The van der Waals surface area contributed by atoms with Crippen molar-refractivity contribution in [1.29, 1.82) is 0 Å².